The number of ether oxygens (including phenoxy) is 1. The predicted octanol–water partition coefficient (Wildman–Crippen LogP) is 4.24. The van der Waals surface area contributed by atoms with E-state index in [1.54, 1.807) is 25.1 Å². The first-order chi connectivity index (χ1) is 7.58. The molecule has 0 heterocycles. The first kappa shape index (κ1) is 13.6. The van der Waals surface area contributed by atoms with Crippen LogP contribution < -0.4 is 4.74 Å². The maximum Gasteiger partial charge on any atom is 0.339 e. The number of hydrogen-bond acceptors (Lipinski definition) is 2. The lowest BCUT2D eigenvalue weighted by Crippen LogP contribution is -2.12. The molecule has 0 radical (unpaired) electrons. The van der Waals surface area contributed by atoms with Gasteiger partial charge in [0, 0.05) is 15.9 Å². The normalized spacial score (nSPS) is 11.4. The third kappa shape index (κ3) is 3.51. The van der Waals surface area contributed by atoms with E-state index in [-0.39, 0.29) is 0 Å². The lowest BCUT2D eigenvalue weighted by atomic mass is 10.3. The van der Waals surface area contributed by atoms with Crippen molar-refractivity contribution >= 4 is 45.1 Å². The number of carbonyl (C=O) groups is 1. The maximum absolute atomic E-state index is 11.6. The molecule has 0 saturated heterocycles. The van der Waals surface area contributed by atoms with Crippen molar-refractivity contribution in [1.82, 2.24) is 0 Å². The molecule has 0 aromatic heterocycles. The van der Waals surface area contributed by atoms with E-state index in [1.807, 2.05) is 0 Å². The molecular formula is C11H9BrCl2O2. The lowest BCUT2D eigenvalue weighted by molar-refractivity contribution is -0.130. The van der Waals surface area contributed by atoms with Crippen LogP contribution in [-0.2, 0) is 4.79 Å². The summed E-state index contributed by atoms with van der Waals surface area (Å²) in [4.78, 5) is 11.6. The van der Waals surface area contributed by atoms with E-state index in [2.05, 4.69) is 15.9 Å². The molecule has 0 fully saturated rings. The van der Waals surface area contributed by atoms with Crippen molar-refractivity contribution in [2.24, 2.45) is 0 Å². The highest BCUT2D eigenvalue weighted by Crippen LogP contribution is 2.28. The zero-order chi connectivity index (χ0) is 12.1. The van der Waals surface area contributed by atoms with Gasteiger partial charge in [-0.1, -0.05) is 45.2 Å². The Kier molecular flexibility index (Phi) is 5.32. The predicted molar refractivity (Wildman–Crippen MR) is 69.6 cm³/mol. The minimum absolute atomic E-state index is 0.302. The molecule has 86 valence electrons. The summed E-state index contributed by atoms with van der Waals surface area (Å²) in [6.45, 7) is 1.77. The molecule has 1 aromatic carbocycles. The molecule has 0 aliphatic rings. The lowest BCUT2D eigenvalue weighted by Gasteiger charge is -2.07. The van der Waals surface area contributed by atoms with Gasteiger partial charge in [-0.2, -0.15) is 0 Å². The molecule has 0 unspecified atom stereocenters. The Hall–Kier alpha value is -0.510. The van der Waals surface area contributed by atoms with Gasteiger partial charge in [-0.15, -0.1) is 0 Å². The fourth-order valence-corrected chi connectivity index (χ4v) is 1.97. The second-order valence-electron chi connectivity index (χ2n) is 2.91. The highest BCUT2D eigenvalue weighted by molar-refractivity contribution is 9.09. The van der Waals surface area contributed by atoms with Crippen molar-refractivity contribution in [3.63, 3.8) is 0 Å². The highest BCUT2D eigenvalue weighted by atomic mass is 79.9. The smallest absolute Gasteiger partial charge is 0.339 e. The average molecular weight is 324 g/mol. The van der Waals surface area contributed by atoms with E-state index in [4.69, 9.17) is 27.9 Å². The van der Waals surface area contributed by atoms with Gasteiger partial charge >= 0.3 is 5.97 Å². The molecule has 1 rings (SSSR count). The number of halogens is 3. The van der Waals surface area contributed by atoms with E-state index >= 15 is 0 Å². The van der Waals surface area contributed by atoms with E-state index in [0.717, 1.165) is 0 Å². The summed E-state index contributed by atoms with van der Waals surface area (Å²) in [5, 5.41) is 1.25. The van der Waals surface area contributed by atoms with E-state index in [1.165, 1.54) is 6.07 Å². The summed E-state index contributed by atoms with van der Waals surface area (Å²) >= 11 is 14.8. The molecule has 0 aliphatic heterocycles. The van der Waals surface area contributed by atoms with Gasteiger partial charge in [-0.05, 0) is 25.1 Å². The van der Waals surface area contributed by atoms with Crippen molar-refractivity contribution < 1.29 is 9.53 Å². The summed E-state index contributed by atoms with van der Waals surface area (Å²) in [6.07, 6.45) is 1.68. The van der Waals surface area contributed by atoms with E-state index in [9.17, 15) is 4.79 Å². The van der Waals surface area contributed by atoms with Crippen molar-refractivity contribution in [3.8, 4) is 5.75 Å². The Morgan fingerprint density at radius 3 is 2.69 bits per heavy atom. The summed E-state index contributed by atoms with van der Waals surface area (Å²) in [5.41, 5.74) is 0.533. The Bertz CT molecular complexity index is 430. The van der Waals surface area contributed by atoms with E-state index in [0.29, 0.717) is 26.7 Å². The molecule has 1 aromatic rings. The van der Waals surface area contributed by atoms with Crippen LogP contribution >= 0.6 is 39.1 Å². The van der Waals surface area contributed by atoms with Crippen LogP contribution in [0.1, 0.15) is 6.92 Å². The summed E-state index contributed by atoms with van der Waals surface area (Å²) in [7, 11) is 0. The SMILES string of the molecule is CC=C(CBr)C(=O)Oc1ccc(Cl)cc1Cl. The molecule has 0 N–H and O–H groups in total. The maximum atomic E-state index is 11.6. The Balaban J connectivity index is 2.85. The topological polar surface area (TPSA) is 26.3 Å². The number of rotatable bonds is 3. The minimum atomic E-state index is -0.427. The van der Waals surface area contributed by atoms with Crippen LogP contribution in [-0.4, -0.2) is 11.3 Å². The first-order valence-corrected chi connectivity index (χ1v) is 6.34. The van der Waals surface area contributed by atoms with Crippen LogP contribution in [0.4, 0.5) is 0 Å². The largest absolute Gasteiger partial charge is 0.422 e. The van der Waals surface area contributed by atoms with Crippen molar-refractivity contribution in [2.45, 2.75) is 6.92 Å². The Labute approximate surface area is 112 Å². The minimum Gasteiger partial charge on any atom is -0.422 e. The third-order valence-corrected chi connectivity index (χ3v) is 2.99. The molecule has 0 aliphatic carbocycles. The number of esters is 1. The number of carbonyl (C=O) groups excluding carboxylic acids is 1. The number of benzene rings is 1. The summed E-state index contributed by atoms with van der Waals surface area (Å²) < 4.78 is 5.12. The molecular weight excluding hydrogens is 315 g/mol. The van der Waals surface area contributed by atoms with Crippen LogP contribution in [0, 0.1) is 0 Å². The second kappa shape index (κ2) is 6.28. The molecule has 5 heteroatoms. The van der Waals surface area contributed by atoms with Gasteiger partial charge < -0.3 is 4.74 Å². The number of hydrogen-bond donors (Lipinski definition) is 0. The zero-order valence-corrected chi connectivity index (χ0v) is 11.6. The van der Waals surface area contributed by atoms with Crippen LogP contribution in [0.15, 0.2) is 29.8 Å². The van der Waals surface area contributed by atoms with Gasteiger partial charge in [0.2, 0.25) is 0 Å². The van der Waals surface area contributed by atoms with E-state index < -0.39 is 5.97 Å². The van der Waals surface area contributed by atoms with Crippen molar-refractivity contribution in [3.05, 3.63) is 39.9 Å². The van der Waals surface area contributed by atoms with Crippen LogP contribution in [0.25, 0.3) is 0 Å². The number of alkyl halides is 1. The molecule has 0 saturated carbocycles. The van der Waals surface area contributed by atoms with Crippen molar-refractivity contribution in [1.29, 1.82) is 0 Å². The monoisotopic (exact) mass is 322 g/mol. The molecule has 0 bridgehead atoms. The quantitative estimate of drug-likeness (QED) is 0.360. The summed E-state index contributed by atoms with van der Waals surface area (Å²) in [5.74, 6) is -0.125. The van der Waals surface area contributed by atoms with Crippen molar-refractivity contribution in [2.75, 3.05) is 5.33 Å². The third-order valence-electron chi connectivity index (χ3n) is 1.85. The molecule has 16 heavy (non-hydrogen) atoms. The first-order valence-electron chi connectivity index (χ1n) is 4.47. The fourth-order valence-electron chi connectivity index (χ4n) is 0.973. The van der Waals surface area contributed by atoms with Crippen LogP contribution in [0.2, 0.25) is 10.0 Å². The van der Waals surface area contributed by atoms with Gasteiger partial charge in [0.15, 0.2) is 0 Å². The standard InChI is InChI=1S/C11H9BrCl2O2/c1-2-7(6-12)11(15)16-10-4-3-8(13)5-9(10)14/h2-5H,6H2,1H3. The second-order valence-corrected chi connectivity index (χ2v) is 4.32. The zero-order valence-electron chi connectivity index (χ0n) is 8.47. The summed E-state index contributed by atoms with van der Waals surface area (Å²) in [6, 6.07) is 4.69. The Morgan fingerprint density at radius 1 is 1.50 bits per heavy atom. The fraction of sp³-hybridized carbons (Fsp3) is 0.182. The van der Waals surface area contributed by atoms with Gasteiger partial charge in [-0.3, -0.25) is 0 Å². The van der Waals surface area contributed by atoms with Crippen LogP contribution in [0.5, 0.6) is 5.75 Å². The molecule has 0 spiro atoms. The van der Waals surface area contributed by atoms with Gasteiger partial charge in [0.1, 0.15) is 5.75 Å². The average Bonchev–Trinajstić information content (AvgIpc) is 2.24. The molecule has 0 amide bonds. The molecule has 0 atom stereocenters. The van der Waals surface area contributed by atoms with Crippen LogP contribution in [0.3, 0.4) is 0 Å². The number of allylic oxidation sites excluding steroid dienone is 1. The van der Waals surface area contributed by atoms with Gasteiger partial charge in [0.05, 0.1) is 5.02 Å². The van der Waals surface area contributed by atoms with Gasteiger partial charge in [-0.25, -0.2) is 4.79 Å². The Morgan fingerprint density at radius 2 is 2.19 bits per heavy atom. The van der Waals surface area contributed by atoms with Gasteiger partial charge in [0.25, 0.3) is 0 Å². The molecule has 2 nitrogen and oxygen atoms in total. The highest BCUT2D eigenvalue weighted by Gasteiger charge is 2.12.